The summed E-state index contributed by atoms with van der Waals surface area (Å²) in [6.45, 7) is 8.90. The zero-order chi connectivity index (χ0) is 21.4. The summed E-state index contributed by atoms with van der Waals surface area (Å²) >= 11 is 0. The maximum Gasteiger partial charge on any atom is 0.410 e. The molecule has 8 heteroatoms. The summed E-state index contributed by atoms with van der Waals surface area (Å²) in [6, 6.07) is 8.14. The van der Waals surface area contributed by atoms with Crippen LogP contribution >= 0.6 is 0 Å². The molecule has 0 spiro atoms. The highest BCUT2D eigenvalue weighted by atomic mass is 16.6. The molecule has 1 fully saturated rings. The zero-order valence-electron chi connectivity index (χ0n) is 18.5. The van der Waals surface area contributed by atoms with Crippen molar-refractivity contribution in [3.63, 3.8) is 0 Å². The molecule has 162 valence electrons. The number of para-hydroxylation sites is 1. The van der Waals surface area contributed by atoms with Crippen LogP contribution in [-0.4, -0.2) is 80.9 Å². The van der Waals surface area contributed by atoms with E-state index in [1.54, 1.807) is 11.9 Å². The number of guanidine groups is 1. The quantitative estimate of drug-likeness (QED) is 0.533. The van der Waals surface area contributed by atoms with Crippen molar-refractivity contribution in [2.75, 3.05) is 47.4 Å². The van der Waals surface area contributed by atoms with Crippen molar-refractivity contribution in [1.82, 2.24) is 20.4 Å². The molecule has 0 saturated carbocycles. The number of nitrogens with zero attached hydrogens (tertiary/aromatic N) is 3. The van der Waals surface area contributed by atoms with Crippen LogP contribution in [0.15, 0.2) is 29.3 Å². The molecule has 0 bridgehead atoms. The first-order valence-electron chi connectivity index (χ1n) is 9.98. The van der Waals surface area contributed by atoms with E-state index >= 15 is 0 Å². The average Bonchev–Trinajstić information content (AvgIpc) is 2.59. The number of nitrogens with one attached hydrogen (secondary N) is 2. The van der Waals surface area contributed by atoms with Gasteiger partial charge < -0.3 is 29.9 Å². The van der Waals surface area contributed by atoms with Crippen molar-refractivity contribution in [2.24, 2.45) is 4.99 Å². The maximum absolute atomic E-state index is 12.0. The van der Waals surface area contributed by atoms with Gasteiger partial charge in [-0.05, 0) is 40.9 Å². The van der Waals surface area contributed by atoms with E-state index in [1.165, 1.54) is 0 Å². The molecule has 1 aromatic rings. The molecule has 1 saturated heterocycles. The molecule has 29 heavy (non-hydrogen) atoms. The Bertz CT molecular complexity index is 694. The standard InChI is InChI=1S/C21H35N5O3/c1-21(2,3)29-20(27)26-14-17(15-26)24-19(22-4)23-13-16-9-7-8-10-18(16)28-12-11-25(5)6/h7-10,17H,11-15H2,1-6H3,(H2,22,23,24). The molecule has 2 rings (SSSR count). The summed E-state index contributed by atoms with van der Waals surface area (Å²) in [4.78, 5) is 20.1. The second-order valence-electron chi connectivity index (χ2n) is 8.41. The van der Waals surface area contributed by atoms with Crippen LogP contribution in [0.25, 0.3) is 0 Å². The van der Waals surface area contributed by atoms with E-state index in [4.69, 9.17) is 9.47 Å². The summed E-state index contributed by atoms with van der Waals surface area (Å²) in [7, 11) is 5.78. The van der Waals surface area contributed by atoms with E-state index in [-0.39, 0.29) is 12.1 Å². The Morgan fingerprint density at radius 3 is 2.59 bits per heavy atom. The highest BCUT2D eigenvalue weighted by Gasteiger charge is 2.34. The number of aliphatic imine (C=N–C) groups is 1. The maximum atomic E-state index is 12.0. The van der Waals surface area contributed by atoms with Crippen molar-refractivity contribution in [1.29, 1.82) is 0 Å². The minimum Gasteiger partial charge on any atom is -0.492 e. The van der Waals surface area contributed by atoms with Crippen LogP contribution in [-0.2, 0) is 11.3 Å². The lowest BCUT2D eigenvalue weighted by atomic mass is 10.1. The van der Waals surface area contributed by atoms with Gasteiger partial charge in [0.05, 0.1) is 6.04 Å². The van der Waals surface area contributed by atoms with Gasteiger partial charge in [-0.1, -0.05) is 18.2 Å². The Balaban J connectivity index is 1.79. The molecule has 8 nitrogen and oxygen atoms in total. The Hall–Kier alpha value is -2.48. The fourth-order valence-corrected chi connectivity index (χ4v) is 2.74. The molecule has 2 N–H and O–H groups in total. The van der Waals surface area contributed by atoms with E-state index in [9.17, 15) is 4.79 Å². The van der Waals surface area contributed by atoms with Crippen LogP contribution in [0.5, 0.6) is 5.75 Å². The minimum absolute atomic E-state index is 0.153. The fourth-order valence-electron chi connectivity index (χ4n) is 2.74. The summed E-state index contributed by atoms with van der Waals surface area (Å²) < 4.78 is 11.3. The Labute approximate surface area is 174 Å². The van der Waals surface area contributed by atoms with Gasteiger partial charge in [-0.2, -0.15) is 0 Å². The lowest BCUT2D eigenvalue weighted by Gasteiger charge is -2.40. The molecule has 0 aliphatic carbocycles. The van der Waals surface area contributed by atoms with Gasteiger partial charge in [-0.3, -0.25) is 4.99 Å². The van der Waals surface area contributed by atoms with Crippen LogP contribution in [0.4, 0.5) is 4.79 Å². The smallest absolute Gasteiger partial charge is 0.410 e. The number of amides is 1. The van der Waals surface area contributed by atoms with Crippen molar-refractivity contribution in [3.8, 4) is 5.75 Å². The number of hydrogen-bond donors (Lipinski definition) is 2. The Morgan fingerprint density at radius 1 is 1.28 bits per heavy atom. The second kappa shape index (κ2) is 10.3. The summed E-state index contributed by atoms with van der Waals surface area (Å²) in [5.74, 6) is 1.57. The number of ether oxygens (including phenoxy) is 2. The molecule has 0 unspecified atom stereocenters. The van der Waals surface area contributed by atoms with Crippen LogP contribution in [0.1, 0.15) is 26.3 Å². The van der Waals surface area contributed by atoms with Crippen LogP contribution in [0.2, 0.25) is 0 Å². The third-order valence-electron chi connectivity index (χ3n) is 4.31. The number of hydrogen-bond acceptors (Lipinski definition) is 5. The molecule has 0 atom stereocenters. The van der Waals surface area contributed by atoms with Crippen molar-refractivity contribution in [3.05, 3.63) is 29.8 Å². The lowest BCUT2D eigenvalue weighted by Crippen LogP contribution is -2.63. The van der Waals surface area contributed by atoms with Gasteiger partial charge in [0.2, 0.25) is 0 Å². The van der Waals surface area contributed by atoms with Crippen LogP contribution < -0.4 is 15.4 Å². The van der Waals surface area contributed by atoms with Gasteiger partial charge in [0.25, 0.3) is 0 Å². The van der Waals surface area contributed by atoms with Gasteiger partial charge in [-0.25, -0.2) is 4.79 Å². The second-order valence-corrected chi connectivity index (χ2v) is 8.41. The fraction of sp³-hybridized carbons (Fsp3) is 0.619. The van der Waals surface area contributed by atoms with Crippen molar-refractivity contribution < 1.29 is 14.3 Å². The van der Waals surface area contributed by atoms with Crippen molar-refractivity contribution in [2.45, 2.75) is 39.0 Å². The summed E-state index contributed by atoms with van der Waals surface area (Å²) in [5.41, 5.74) is 0.591. The summed E-state index contributed by atoms with van der Waals surface area (Å²) in [6.07, 6.45) is -0.276. The van der Waals surface area contributed by atoms with E-state index in [2.05, 4.69) is 20.5 Å². The van der Waals surface area contributed by atoms with Gasteiger partial charge >= 0.3 is 6.09 Å². The molecule has 1 aliphatic heterocycles. The highest BCUT2D eigenvalue weighted by Crippen LogP contribution is 2.18. The highest BCUT2D eigenvalue weighted by molar-refractivity contribution is 5.80. The van der Waals surface area contributed by atoms with Crippen molar-refractivity contribution >= 4 is 12.1 Å². The van der Waals surface area contributed by atoms with E-state index < -0.39 is 5.60 Å². The first-order valence-corrected chi connectivity index (χ1v) is 9.98. The number of benzene rings is 1. The zero-order valence-corrected chi connectivity index (χ0v) is 18.5. The van der Waals surface area contributed by atoms with Crippen LogP contribution in [0, 0.1) is 0 Å². The summed E-state index contributed by atoms with van der Waals surface area (Å²) in [5, 5.41) is 6.66. The predicted molar refractivity (Wildman–Crippen MR) is 115 cm³/mol. The third kappa shape index (κ3) is 7.81. The first kappa shape index (κ1) is 22.8. The van der Waals surface area contributed by atoms with E-state index in [0.717, 1.165) is 17.9 Å². The normalized spacial score (nSPS) is 15.1. The monoisotopic (exact) mass is 405 g/mol. The molecule has 0 radical (unpaired) electrons. The third-order valence-corrected chi connectivity index (χ3v) is 4.31. The number of likely N-dealkylation sites (tertiary alicyclic amines) is 1. The number of carbonyl (C=O) groups excluding carboxylic acids is 1. The topological polar surface area (TPSA) is 78.4 Å². The van der Waals surface area contributed by atoms with Gasteiger partial charge in [0.1, 0.15) is 18.0 Å². The molecular formula is C21H35N5O3. The Morgan fingerprint density at radius 2 is 1.97 bits per heavy atom. The molecule has 1 amide bonds. The lowest BCUT2D eigenvalue weighted by molar-refractivity contribution is 0.00701. The van der Waals surface area contributed by atoms with E-state index in [0.29, 0.717) is 32.2 Å². The van der Waals surface area contributed by atoms with Crippen LogP contribution in [0.3, 0.4) is 0 Å². The SMILES string of the molecule is CN=C(NCc1ccccc1OCCN(C)C)NC1CN(C(=O)OC(C)(C)C)C1. The number of likely N-dealkylation sites (N-methyl/N-ethyl adjacent to an activating group) is 1. The van der Waals surface area contributed by atoms with E-state index in [1.807, 2.05) is 59.1 Å². The molecule has 0 aromatic heterocycles. The molecule has 1 heterocycles. The first-order chi connectivity index (χ1) is 13.7. The van der Waals surface area contributed by atoms with Gasteiger partial charge in [0.15, 0.2) is 5.96 Å². The van der Waals surface area contributed by atoms with Gasteiger partial charge in [0, 0.05) is 38.8 Å². The van der Waals surface area contributed by atoms with Gasteiger partial charge in [-0.15, -0.1) is 0 Å². The minimum atomic E-state index is -0.477. The molecule has 1 aromatic carbocycles. The average molecular weight is 406 g/mol. The Kier molecular flexibility index (Phi) is 8.13. The number of carbonyl (C=O) groups is 1. The predicted octanol–water partition coefficient (Wildman–Crippen LogP) is 1.91. The molecular weight excluding hydrogens is 370 g/mol. The molecule has 1 aliphatic rings. The largest absolute Gasteiger partial charge is 0.492 e. The number of rotatable bonds is 7.